The van der Waals surface area contributed by atoms with Gasteiger partial charge in [0.15, 0.2) is 5.82 Å². The second kappa shape index (κ2) is 9.85. The van der Waals surface area contributed by atoms with E-state index in [1.54, 1.807) is 27.0 Å². The fourth-order valence-electron chi connectivity index (χ4n) is 3.43. The van der Waals surface area contributed by atoms with Crippen LogP contribution in [0.25, 0.3) is 11.3 Å². The summed E-state index contributed by atoms with van der Waals surface area (Å²) in [5, 5.41) is 9.54. The van der Waals surface area contributed by atoms with Crippen molar-refractivity contribution >= 4 is 31.1 Å². The van der Waals surface area contributed by atoms with Gasteiger partial charge >= 0.3 is 5.97 Å². The average Bonchev–Trinajstić information content (AvgIpc) is 2.68. The van der Waals surface area contributed by atoms with Crippen LogP contribution in [0, 0.1) is 11.7 Å². The highest BCUT2D eigenvalue weighted by atomic mass is 35.5. The molecule has 3 rings (SSSR count). The number of fused-ring (bicyclic) bond motifs is 3. The van der Waals surface area contributed by atoms with Crippen molar-refractivity contribution in [2.75, 3.05) is 20.3 Å². The van der Waals surface area contributed by atoms with Gasteiger partial charge in [-0.25, -0.2) is 9.18 Å². The van der Waals surface area contributed by atoms with Crippen LogP contribution in [0.15, 0.2) is 23.1 Å². The number of hydrogen-bond acceptors (Lipinski definition) is 4. The first kappa shape index (κ1) is 22.7. The van der Waals surface area contributed by atoms with Gasteiger partial charge in [0.1, 0.15) is 11.3 Å². The lowest BCUT2D eigenvalue weighted by molar-refractivity contribution is 0.0693. The molecule has 0 saturated carbocycles. The fourth-order valence-corrected chi connectivity index (χ4v) is 3.65. The third-order valence-electron chi connectivity index (χ3n) is 4.89. The number of carbonyl (C=O) groups is 1. The number of rotatable bonds is 7. The molecule has 0 radical (unpaired) electrons. The summed E-state index contributed by atoms with van der Waals surface area (Å²) in [6, 6.07) is 1.76. The summed E-state index contributed by atoms with van der Waals surface area (Å²) in [7, 11) is 1.59. The zero-order valence-corrected chi connectivity index (χ0v) is 18.7. The van der Waals surface area contributed by atoms with Crippen LogP contribution in [0.3, 0.4) is 0 Å². The van der Waals surface area contributed by atoms with Crippen molar-refractivity contribution in [3.05, 3.63) is 50.5 Å². The van der Waals surface area contributed by atoms with Crippen LogP contribution in [-0.4, -0.2) is 36.0 Å². The van der Waals surface area contributed by atoms with Crippen molar-refractivity contribution in [2.24, 2.45) is 5.92 Å². The summed E-state index contributed by atoms with van der Waals surface area (Å²) in [6.45, 7) is 4.47. The van der Waals surface area contributed by atoms with Gasteiger partial charge in [0.25, 0.3) is 0 Å². The van der Waals surface area contributed by atoms with Crippen molar-refractivity contribution in [3.8, 4) is 17.0 Å². The van der Waals surface area contributed by atoms with E-state index in [0.717, 1.165) is 6.20 Å². The predicted molar refractivity (Wildman–Crippen MR) is 118 cm³/mol. The number of methoxy groups -OCH3 is 1. The summed E-state index contributed by atoms with van der Waals surface area (Å²) in [5.74, 6) is -2.66. The number of aromatic nitrogens is 1. The minimum absolute atomic E-state index is 0. The third kappa shape index (κ3) is 4.50. The van der Waals surface area contributed by atoms with Crippen LogP contribution in [0.2, 0.25) is 5.02 Å². The van der Waals surface area contributed by atoms with Gasteiger partial charge in [0.05, 0.1) is 18.7 Å². The van der Waals surface area contributed by atoms with Crippen LogP contribution >= 0.6 is 25.1 Å². The Kier molecular flexibility index (Phi) is 7.44. The number of aromatic carboxylic acids is 1. The summed E-state index contributed by atoms with van der Waals surface area (Å²) >= 11 is 6.34. The second-order valence-electron chi connectivity index (χ2n) is 7.17. The van der Waals surface area contributed by atoms with Gasteiger partial charge in [-0.1, -0.05) is 25.4 Å². The Bertz CT molecular complexity index is 1060. The van der Waals surface area contributed by atoms with E-state index < -0.39 is 28.8 Å². The van der Waals surface area contributed by atoms with Crippen molar-refractivity contribution in [2.45, 2.75) is 32.7 Å². The molecular weight excluding hydrogens is 433 g/mol. The maximum absolute atomic E-state index is 15.1. The SMILES string of the molecule is S.[2H][C@@]1(C(C)C)Cc2cc(OCCCOC)c(Cl)cc2-c2c(F)c(=O)c(C(=O)O)cn21. The fraction of sp³-hybridized carbons (Fsp3) is 0.429. The predicted octanol–water partition coefficient (Wildman–Crippen LogP) is 4.29. The van der Waals surface area contributed by atoms with E-state index in [1.807, 2.05) is 0 Å². The number of benzene rings is 1. The molecule has 0 bridgehead atoms. The molecule has 0 spiro atoms. The van der Waals surface area contributed by atoms with E-state index in [0.29, 0.717) is 36.5 Å². The summed E-state index contributed by atoms with van der Waals surface area (Å²) in [5.41, 5.74) is -1.11. The Balaban J connectivity index is 0.00000341. The van der Waals surface area contributed by atoms with Gasteiger partial charge in [0.2, 0.25) is 5.43 Å². The number of carboxylic acids is 1. The molecule has 1 aliphatic heterocycles. The number of carboxylic acid groups (broad SMARTS) is 1. The van der Waals surface area contributed by atoms with E-state index in [1.165, 1.54) is 10.6 Å². The highest BCUT2D eigenvalue weighted by molar-refractivity contribution is 7.59. The van der Waals surface area contributed by atoms with Crippen LogP contribution in [0.5, 0.6) is 5.75 Å². The smallest absolute Gasteiger partial charge is 0.341 e. The van der Waals surface area contributed by atoms with Crippen molar-refractivity contribution < 1.29 is 25.1 Å². The zero-order chi connectivity index (χ0) is 22.2. The molecule has 0 amide bonds. The first-order chi connectivity index (χ1) is 14.1. The number of halogens is 2. The lowest BCUT2D eigenvalue weighted by Gasteiger charge is -2.34. The molecule has 0 aliphatic carbocycles. The van der Waals surface area contributed by atoms with Gasteiger partial charge in [-0.2, -0.15) is 13.5 Å². The first-order valence-electron chi connectivity index (χ1n) is 9.75. The third-order valence-corrected chi connectivity index (χ3v) is 5.19. The molecule has 6 nitrogen and oxygen atoms in total. The molecule has 1 aromatic heterocycles. The largest absolute Gasteiger partial charge is 0.492 e. The number of hydrogen-bond donors (Lipinski definition) is 1. The van der Waals surface area contributed by atoms with Gasteiger partial charge < -0.3 is 19.1 Å². The molecule has 30 heavy (non-hydrogen) atoms. The molecule has 1 aliphatic rings. The van der Waals surface area contributed by atoms with Crippen molar-refractivity contribution in [1.82, 2.24) is 4.57 Å². The average molecular weight is 459 g/mol. The molecule has 1 atom stereocenters. The summed E-state index contributed by atoms with van der Waals surface area (Å²) < 4.78 is 36.1. The Morgan fingerprint density at radius 2 is 2.13 bits per heavy atom. The number of pyridine rings is 1. The molecule has 0 saturated heterocycles. The van der Waals surface area contributed by atoms with E-state index in [2.05, 4.69) is 0 Å². The molecule has 0 unspecified atom stereocenters. The molecule has 2 aromatic rings. The number of ether oxygens (including phenoxy) is 2. The van der Waals surface area contributed by atoms with Gasteiger partial charge in [-0.05, 0) is 30.0 Å². The quantitative estimate of drug-likeness (QED) is 0.626. The topological polar surface area (TPSA) is 77.8 Å². The van der Waals surface area contributed by atoms with Crippen LogP contribution in [0.1, 0.15) is 43.6 Å². The standard InChI is InChI=1S/C21H23ClFNO5.H2S/c1-11(2)16-7-12-8-17(29-6-4-5-28-3)15(22)9-13(12)19-18(23)20(25)14(21(26)27)10-24(16)19;/h8-11,16H,4-7H2,1-3H3,(H,26,27);1H2/t16-;/m0./s1/i16D;. The molecule has 1 N–H and O–H groups in total. The molecule has 164 valence electrons. The number of nitrogens with zero attached hydrogens (tertiary/aromatic N) is 1. The normalized spacial score (nSPS) is 17.6. The highest BCUT2D eigenvalue weighted by Crippen LogP contribution is 2.42. The molecule has 1 aromatic carbocycles. The first-order valence-corrected chi connectivity index (χ1v) is 9.63. The van der Waals surface area contributed by atoms with Crippen molar-refractivity contribution in [1.29, 1.82) is 0 Å². The Labute approximate surface area is 187 Å². The van der Waals surface area contributed by atoms with Gasteiger partial charge in [-0.3, -0.25) is 4.79 Å². The van der Waals surface area contributed by atoms with Crippen LogP contribution in [0.4, 0.5) is 4.39 Å². The minimum Gasteiger partial charge on any atom is -0.492 e. The Morgan fingerprint density at radius 1 is 1.43 bits per heavy atom. The molecule has 2 heterocycles. The molecule has 0 fully saturated rings. The molecular formula is C21H25ClFNO5S. The van der Waals surface area contributed by atoms with E-state index in [9.17, 15) is 14.7 Å². The highest BCUT2D eigenvalue weighted by Gasteiger charge is 2.32. The Morgan fingerprint density at radius 3 is 2.73 bits per heavy atom. The summed E-state index contributed by atoms with van der Waals surface area (Å²) in [6.07, 6.45) is 1.88. The van der Waals surface area contributed by atoms with Crippen molar-refractivity contribution in [3.63, 3.8) is 0 Å². The lowest BCUT2D eigenvalue weighted by atomic mass is 9.87. The van der Waals surface area contributed by atoms with E-state index in [-0.39, 0.29) is 36.6 Å². The zero-order valence-electron chi connectivity index (χ0n) is 17.9. The lowest BCUT2D eigenvalue weighted by Crippen LogP contribution is -2.30. The van der Waals surface area contributed by atoms with E-state index in [4.69, 9.17) is 22.4 Å². The maximum Gasteiger partial charge on any atom is 0.341 e. The van der Waals surface area contributed by atoms with E-state index >= 15 is 4.39 Å². The Hall–Kier alpha value is -2.03. The monoisotopic (exact) mass is 458 g/mol. The minimum atomic E-state index is -1.54. The maximum atomic E-state index is 15.1. The van der Waals surface area contributed by atoms with Crippen LogP contribution in [-0.2, 0) is 11.2 Å². The van der Waals surface area contributed by atoms with Gasteiger partial charge in [-0.15, -0.1) is 0 Å². The van der Waals surface area contributed by atoms with Gasteiger partial charge in [0, 0.05) is 37.9 Å². The second-order valence-corrected chi connectivity index (χ2v) is 7.57. The summed E-state index contributed by atoms with van der Waals surface area (Å²) in [4.78, 5) is 23.8. The van der Waals surface area contributed by atoms with Crippen LogP contribution < -0.4 is 10.2 Å². The molecule has 9 heteroatoms.